The van der Waals surface area contributed by atoms with E-state index in [9.17, 15) is 9.90 Å². The Kier molecular flexibility index (Phi) is 4.23. The van der Waals surface area contributed by atoms with Crippen LogP contribution in [-0.2, 0) is 10.2 Å². The summed E-state index contributed by atoms with van der Waals surface area (Å²) in [5, 5.41) is 13.5. The molecular formula is C17H18ClNO3. The van der Waals surface area contributed by atoms with Crippen molar-refractivity contribution in [2.24, 2.45) is 0 Å². The van der Waals surface area contributed by atoms with Gasteiger partial charge in [-0.1, -0.05) is 30.2 Å². The summed E-state index contributed by atoms with van der Waals surface area (Å²) in [7, 11) is 0. The largest absolute Gasteiger partial charge is 0.467 e. The highest BCUT2D eigenvalue weighted by Crippen LogP contribution is 2.44. The first kappa shape index (κ1) is 15.1. The number of aliphatic hydroxyl groups excluding tert-OH is 1. The lowest BCUT2D eigenvalue weighted by atomic mass is 9.64. The predicted molar refractivity (Wildman–Crippen MR) is 83.7 cm³/mol. The van der Waals surface area contributed by atoms with Gasteiger partial charge in [-0.2, -0.15) is 0 Å². The molecule has 1 aromatic carbocycles. The van der Waals surface area contributed by atoms with E-state index < -0.39 is 11.5 Å². The number of hydrogen-bond donors (Lipinski definition) is 2. The van der Waals surface area contributed by atoms with Crippen molar-refractivity contribution in [3.63, 3.8) is 0 Å². The number of hydrogen-bond acceptors (Lipinski definition) is 3. The Labute approximate surface area is 134 Å². The second-order valence-electron chi connectivity index (χ2n) is 5.69. The number of rotatable bonds is 5. The van der Waals surface area contributed by atoms with Crippen LogP contribution in [0.15, 0.2) is 47.1 Å². The summed E-state index contributed by atoms with van der Waals surface area (Å²) in [6, 6.07) is 10.8. The maximum Gasteiger partial charge on any atom is 0.230 e. The van der Waals surface area contributed by atoms with Gasteiger partial charge in [0.15, 0.2) is 0 Å². The van der Waals surface area contributed by atoms with Crippen molar-refractivity contribution in [2.75, 3.05) is 6.54 Å². The van der Waals surface area contributed by atoms with Gasteiger partial charge >= 0.3 is 0 Å². The molecule has 1 atom stereocenters. The first-order chi connectivity index (χ1) is 10.6. The van der Waals surface area contributed by atoms with Crippen LogP contribution in [0, 0.1) is 0 Å². The fourth-order valence-electron chi connectivity index (χ4n) is 2.90. The van der Waals surface area contributed by atoms with Gasteiger partial charge in [0.25, 0.3) is 0 Å². The lowest BCUT2D eigenvalue weighted by Gasteiger charge is -2.41. The van der Waals surface area contributed by atoms with Gasteiger partial charge < -0.3 is 14.8 Å². The molecule has 2 N–H and O–H groups in total. The van der Waals surface area contributed by atoms with Gasteiger partial charge in [0.1, 0.15) is 11.9 Å². The highest BCUT2D eigenvalue weighted by atomic mass is 35.5. The molecule has 1 aliphatic carbocycles. The Morgan fingerprint density at radius 2 is 2.18 bits per heavy atom. The highest BCUT2D eigenvalue weighted by Gasteiger charge is 2.45. The van der Waals surface area contributed by atoms with E-state index in [1.54, 1.807) is 18.2 Å². The third kappa shape index (κ3) is 2.76. The van der Waals surface area contributed by atoms with Crippen LogP contribution < -0.4 is 5.32 Å². The number of aliphatic hydroxyl groups is 1. The van der Waals surface area contributed by atoms with Crippen LogP contribution in [0.3, 0.4) is 0 Å². The van der Waals surface area contributed by atoms with Crippen molar-refractivity contribution in [3.05, 3.63) is 59.0 Å². The van der Waals surface area contributed by atoms with E-state index in [0.29, 0.717) is 10.8 Å². The Morgan fingerprint density at radius 1 is 1.36 bits per heavy atom. The smallest absolute Gasteiger partial charge is 0.230 e. The van der Waals surface area contributed by atoms with Crippen molar-refractivity contribution in [3.8, 4) is 0 Å². The molecule has 22 heavy (non-hydrogen) atoms. The van der Waals surface area contributed by atoms with Crippen molar-refractivity contribution in [2.45, 2.75) is 30.8 Å². The second kappa shape index (κ2) is 6.15. The van der Waals surface area contributed by atoms with Gasteiger partial charge in [0, 0.05) is 5.02 Å². The number of halogens is 1. The van der Waals surface area contributed by atoms with Crippen molar-refractivity contribution in [1.82, 2.24) is 5.32 Å². The zero-order valence-electron chi connectivity index (χ0n) is 12.1. The SMILES string of the molecule is O=C(NCC(O)c1ccco1)C1(c2cccc(Cl)c2)CCC1. The Morgan fingerprint density at radius 3 is 2.77 bits per heavy atom. The minimum atomic E-state index is -0.838. The standard InChI is InChI=1S/C17H18ClNO3/c18-13-5-1-4-12(10-13)17(7-3-8-17)16(21)19-11-14(20)15-6-2-9-22-15/h1-2,4-6,9-10,14,20H,3,7-8,11H2,(H,19,21). The average Bonchev–Trinajstić information content (AvgIpc) is 2.98. The van der Waals surface area contributed by atoms with Crippen molar-refractivity contribution in [1.29, 1.82) is 0 Å². The molecule has 0 bridgehead atoms. The number of carbonyl (C=O) groups excluding carboxylic acids is 1. The molecular weight excluding hydrogens is 302 g/mol. The number of nitrogens with one attached hydrogen (secondary N) is 1. The van der Waals surface area contributed by atoms with Gasteiger partial charge in [-0.05, 0) is 42.7 Å². The van der Waals surface area contributed by atoms with Crippen LogP contribution in [0.1, 0.15) is 36.7 Å². The van der Waals surface area contributed by atoms with E-state index in [-0.39, 0.29) is 12.5 Å². The van der Waals surface area contributed by atoms with Gasteiger partial charge in [-0.15, -0.1) is 0 Å². The number of amides is 1. The van der Waals surface area contributed by atoms with E-state index in [0.717, 1.165) is 24.8 Å². The van der Waals surface area contributed by atoms with E-state index in [1.807, 2.05) is 18.2 Å². The minimum absolute atomic E-state index is 0.0633. The van der Waals surface area contributed by atoms with Crippen LogP contribution >= 0.6 is 11.6 Å². The Balaban J connectivity index is 1.70. The number of furan rings is 1. The van der Waals surface area contributed by atoms with Gasteiger partial charge in [0.2, 0.25) is 5.91 Å². The molecule has 2 aromatic rings. The maximum atomic E-state index is 12.6. The summed E-state index contributed by atoms with van der Waals surface area (Å²) in [6.07, 6.45) is 3.28. The zero-order chi connectivity index (χ0) is 15.6. The molecule has 1 saturated carbocycles. The van der Waals surface area contributed by atoms with Crippen LogP contribution in [-0.4, -0.2) is 17.6 Å². The molecule has 0 aliphatic heterocycles. The van der Waals surface area contributed by atoms with Gasteiger partial charge in [-0.3, -0.25) is 4.79 Å². The summed E-state index contributed by atoms with van der Waals surface area (Å²) in [5.41, 5.74) is 0.421. The molecule has 1 unspecified atom stereocenters. The quantitative estimate of drug-likeness (QED) is 0.889. The average molecular weight is 320 g/mol. The molecule has 1 amide bonds. The molecule has 1 heterocycles. The summed E-state index contributed by atoms with van der Waals surface area (Å²) in [6.45, 7) is 0.134. The Hall–Kier alpha value is -1.78. The van der Waals surface area contributed by atoms with Crippen LogP contribution in [0.4, 0.5) is 0 Å². The first-order valence-corrected chi connectivity index (χ1v) is 7.75. The molecule has 0 spiro atoms. The fraction of sp³-hybridized carbons (Fsp3) is 0.353. The van der Waals surface area contributed by atoms with E-state index >= 15 is 0 Å². The summed E-state index contributed by atoms with van der Waals surface area (Å²) in [5.74, 6) is 0.386. The van der Waals surface area contributed by atoms with Crippen LogP contribution in [0.5, 0.6) is 0 Å². The molecule has 4 nitrogen and oxygen atoms in total. The Bertz CT molecular complexity index is 650. The molecule has 0 saturated heterocycles. The first-order valence-electron chi connectivity index (χ1n) is 7.38. The summed E-state index contributed by atoms with van der Waals surface area (Å²) in [4.78, 5) is 12.6. The molecule has 1 aromatic heterocycles. The normalized spacial score (nSPS) is 17.5. The lowest BCUT2D eigenvalue weighted by Crippen LogP contribution is -2.50. The van der Waals surface area contributed by atoms with Gasteiger partial charge in [0.05, 0.1) is 18.2 Å². The molecule has 116 valence electrons. The number of benzene rings is 1. The highest BCUT2D eigenvalue weighted by molar-refractivity contribution is 6.30. The topological polar surface area (TPSA) is 62.5 Å². The predicted octanol–water partition coefficient (Wildman–Crippen LogP) is 3.20. The fourth-order valence-corrected chi connectivity index (χ4v) is 3.09. The summed E-state index contributed by atoms with van der Waals surface area (Å²) < 4.78 is 5.14. The molecule has 3 rings (SSSR count). The maximum absolute atomic E-state index is 12.6. The van der Waals surface area contributed by atoms with E-state index in [4.69, 9.17) is 16.0 Å². The molecule has 5 heteroatoms. The van der Waals surface area contributed by atoms with E-state index in [1.165, 1.54) is 6.26 Å². The van der Waals surface area contributed by atoms with Crippen LogP contribution in [0.25, 0.3) is 0 Å². The molecule has 1 fully saturated rings. The van der Waals surface area contributed by atoms with E-state index in [2.05, 4.69) is 5.32 Å². The second-order valence-corrected chi connectivity index (χ2v) is 6.12. The number of carbonyl (C=O) groups is 1. The van der Waals surface area contributed by atoms with Gasteiger partial charge in [-0.25, -0.2) is 0 Å². The molecule has 1 aliphatic rings. The monoisotopic (exact) mass is 319 g/mol. The van der Waals surface area contributed by atoms with Crippen molar-refractivity contribution < 1.29 is 14.3 Å². The third-order valence-corrected chi connectivity index (χ3v) is 4.58. The lowest BCUT2D eigenvalue weighted by molar-refractivity contribution is -0.130. The minimum Gasteiger partial charge on any atom is -0.467 e. The third-order valence-electron chi connectivity index (χ3n) is 4.35. The molecule has 0 radical (unpaired) electrons. The zero-order valence-corrected chi connectivity index (χ0v) is 12.8. The summed E-state index contributed by atoms with van der Waals surface area (Å²) >= 11 is 6.05. The van der Waals surface area contributed by atoms with Crippen LogP contribution in [0.2, 0.25) is 5.02 Å². The van der Waals surface area contributed by atoms with Crippen molar-refractivity contribution >= 4 is 17.5 Å².